The molecule has 1 amide bonds. The standard InChI is InChI=1S/C22H18ClN3O4S/c23-18-6-2-3-7-19(18)30-16-11-9-15(10-12-16)25-21(27)13-14-24-22-17-5-1-4-8-20(17)31(28,29)26-22/h1-12H,13-14H2,(H,24,26)(H,25,27). The average molecular weight is 456 g/mol. The molecule has 0 fully saturated rings. The summed E-state index contributed by atoms with van der Waals surface area (Å²) >= 11 is 6.08. The van der Waals surface area contributed by atoms with E-state index in [2.05, 4.69) is 15.0 Å². The molecule has 0 aromatic heterocycles. The first-order valence-corrected chi connectivity index (χ1v) is 11.3. The van der Waals surface area contributed by atoms with Crippen molar-refractivity contribution in [2.75, 3.05) is 11.9 Å². The van der Waals surface area contributed by atoms with E-state index in [0.717, 1.165) is 0 Å². The summed E-state index contributed by atoms with van der Waals surface area (Å²) in [6, 6.07) is 20.6. The van der Waals surface area contributed by atoms with Gasteiger partial charge in [0.1, 0.15) is 17.3 Å². The molecule has 2 N–H and O–H groups in total. The topological polar surface area (TPSA) is 96.9 Å². The summed E-state index contributed by atoms with van der Waals surface area (Å²) < 4.78 is 32.3. The van der Waals surface area contributed by atoms with E-state index in [4.69, 9.17) is 16.3 Å². The molecular weight excluding hydrogens is 438 g/mol. The number of fused-ring (bicyclic) bond motifs is 1. The Kier molecular flexibility index (Phi) is 5.92. The lowest BCUT2D eigenvalue weighted by Gasteiger charge is -2.09. The third kappa shape index (κ3) is 4.87. The number of sulfonamides is 1. The van der Waals surface area contributed by atoms with Crippen molar-refractivity contribution in [3.63, 3.8) is 0 Å². The van der Waals surface area contributed by atoms with Crippen LogP contribution in [0, 0.1) is 0 Å². The number of amides is 1. The molecular formula is C22H18ClN3O4S. The number of rotatable bonds is 6. The Labute approximate surface area is 184 Å². The fourth-order valence-corrected chi connectivity index (χ4v) is 4.43. The van der Waals surface area contributed by atoms with Gasteiger partial charge >= 0.3 is 0 Å². The van der Waals surface area contributed by atoms with Gasteiger partial charge in [-0.15, -0.1) is 0 Å². The Morgan fingerprint density at radius 1 is 1.00 bits per heavy atom. The van der Waals surface area contributed by atoms with Crippen LogP contribution >= 0.6 is 11.6 Å². The molecule has 0 unspecified atom stereocenters. The van der Waals surface area contributed by atoms with Gasteiger partial charge in [0.15, 0.2) is 0 Å². The van der Waals surface area contributed by atoms with Crippen LogP contribution in [0.4, 0.5) is 5.69 Å². The van der Waals surface area contributed by atoms with E-state index in [1.54, 1.807) is 54.6 Å². The summed E-state index contributed by atoms with van der Waals surface area (Å²) in [6.07, 6.45) is 0.102. The molecule has 0 spiro atoms. The number of nitrogens with one attached hydrogen (secondary N) is 2. The molecule has 0 saturated carbocycles. The second kappa shape index (κ2) is 8.79. The van der Waals surface area contributed by atoms with E-state index < -0.39 is 10.0 Å². The highest BCUT2D eigenvalue weighted by atomic mass is 35.5. The van der Waals surface area contributed by atoms with Crippen LogP contribution < -0.4 is 14.8 Å². The maximum Gasteiger partial charge on any atom is 0.263 e. The van der Waals surface area contributed by atoms with Crippen LogP contribution in [0.3, 0.4) is 0 Å². The normalized spacial score (nSPS) is 15.2. The maximum absolute atomic E-state index is 12.2. The first kappa shape index (κ1) is 20.9. The third-order valence-corrected chi connectivity index (χ3v) is 6.18. The van der Waals surface area contributed by atoms with Crippen molar-refractivity contribution >= 4 is 39.1 Å². The van der Waals surface area contributed by atoms with E-state index in [-0.39, 0.29) is 29.6 Å². The molecule has 3 aromatic carbocycles. The highest BCUT2D eigenvalue weighted by molar-refractivity contribution is 7.90. The zero-order valence-electron chi connectivity index (χ0n) is 16.2. The van der Waals surface area contributed by atoms with Crippen molar-refractivity contribution in [2.24, 2.45) is 4.99 Å². The van der Waals surface area contributed by atoms with Gasteiger partial charge in [0.2, 0.25) is 5.91 Å². The predicted molar refractivity (Wildman–Crippen MR) is 119 cm³/mol. The van der Waals surface area contributed by atoms with Crippen molar-refractivity contribution < 1.29 is 17.9 Å². The molecule has 1 aliphatic rings. The SMILES string of the molecule is O=C(CCN=C1NS(=O)(=O)c2ccccc21)Nc1ccc(Oc2ccccc2Cl)cc1. The number of nitrogens with zero attached hydrogens (tertiary/aromatic N) is 1. The van der Waals surface area contributed by atoms with E-state index in [0.29, 0.717) is 27.8 Å². The number of aliphatic imine (C=N–C) groups is 1. The van der Waals surface area contributed by atoms with Crippen LogP contribution in [0.5, 0.6) is 11.5 Å². The number of amidine groups is 1. The van der Waals surface area contributed by atoms with E-state index in [1.165, 1.54) is 6.07 Å². The van der Waals surface area contributed by atoms with E-state index >= 15 is 0 Å². The van der Waals surface area contributed by atoms with E-state index in [9.17, 15) is 13.2 Å². The Bertz CT molecular complexity index is 1260. The number of hydrogen-bond acceptors (Lipinski definition) is 5. The minimum Gasteiger partial charge on any atom is -0.456 e. The fourth-order valence-electron chi connectivity index (χ4n) is 3.00. The highest BCUT2D eigenvalue weighted by Gasteiger charge is 2.29. The molecule has 0 saturated heterocycles. The maximum atomic E-state index is 12.2. The molecule has 0 aliphatic carbocycles. The Balaban J connectivity index is 1.33. The molecule has 1 aliphatic heterocycles. The van der Waals surface area contributed by atoms with E-state index in [1.807, 2.05) is 12.1 Å². The Morgan fingerprint density at radius 3 is 2.48 bits per heavy atom. The highest BCUT2D eigenvalue weighted by Crippen LogP contribution is 2.29. The van der Waals surface area contributed by atoms with Crippen LogP contribution in [0.2, 0.25) is 5.02 Å². The van der Waals surface area contributed by atoms with Crippen LogP contribution in [-0.4, -0.2) is 26.7 Å². The molecule has 1 heterocycles. The van der Waals surface area contributed by atoms with Gasteiger partial charge in [0.25, 0.3) is 10.0 Å². The number of hydrogen-bond donors (Lipinski definition) is 2. The molecule has 3 aromatic rings. The molecule has 158 valence electrons. The van der Waals surface area contributed by atoms with Gasteiger partial charge in [-0.2, -0.15) is 0 Å². The van der Waals surface area contributed by atoms with Gasteiger partial charge in [-0.3, -0.25) is 14.5 Å². The van der Waals surface area contributed by atoms with Gasteiger partial charge in [-0.25, -0.2) is 8.42 Å². The lowest BCUT2D eigenvalue weighted by molar-refractivity contribution is -0.116. The zero-order valence-corrected chi connectivity index (χ0v) is 17.8. The molecule has 9 heteroatoms. The number of para-hydroxylation sites is 1. The summed E-state index contributed by atoms with van der Waals surface area (Å²) in [5, 5.41) is 3.28. The molecule has 0 bridgehead atoms. The van der Waals surface area contributed by atoms with Gasteiger partial charge < -0.3 is 10.1 Å². The lowest BCUT2D eigenvalue weighted by Crippen LogP contribution is -2.23. The molecule has 7 nitrogen and oxygen atoms in total. The predicted octanol–water partition coefficient (Wildman–Crippen LogP) is 4.20. The second-order valence-corrected chi connectivity index (χ2v) is 8.75. The van der Waals surface area contributed by atoms with Crippen LogP contribution in [0.25, 0.3) is 0 Å². The smallest absolute Gasteiger partial charge is 0.263 e. The zero-order chi connectivity index (χ0) is 21.8. The third-order valence-electron chi connectivity index (χ3n) is 4.47. The van der Waals surface area contributed by atoms with Crippen LogP contribution in [-0.2, 0) is 14.8 Å². The molecule has 31 heavy (non-hydrogen) atoms. The molecule has 0 radical (unpaired) electrons. The quantitative estimate of drug-likeness (QED) is 0.582. The number of carbonyl (C=O) groups is 1. The minimum atomic E-state index is -3.58. The number of anilines is 1. The summed E-state index contributed by atoms with van der Waals surface area (Å²) in [7, 11) is -3.58. The molecule has 0 atom stereocenters. The largest absolute Gasteiger partial charge is 0.456 e. The minimum absolute atomic E-state index is 0.102. The molecule has 4 rings (SSSR count). The Morgan fingerprint density at radius 2 is 1.71 bits per heavy atom. The van der Waals surface area contributed by atoms with Gasteiger partial charge in [-0.05, 0) is 48.5 Å². The lowest BCUT2D eigenvalue weighted by atomic mass is 10.2. The van der Waals surface area contributed by atoms with Crippen LogP contribution in [0.1, 0.15) is 12.0 Å². The number of benzene rings is 3. The first-order valence-electron chi connectivity index (χ1n) is 9.41. The van der Waals surface area contributed by atoms with Gasteiger partial charge in [0, 0.05) is 17.7 Å². The number of halogens is 1. The Hall–Kier alpha value is -3.36. The van der Waals surface area contributed by atoms with Crippen molar-refractivity contribution in [3.05, 3.63) is 83.4 Å². The van der Waals surface area contributed by atoms with Crippen molar-refractivity contribution in [3.8, 4) is 11.5 Å². The summed E-state index contributed by atoms with van der Waals surface area (Å²) in [6.45, 7) is 0.145. The van der Waals surface area contributed by atoms with Gasteiger partial charge in [-0.1, -0.05) is 35.9 Å². The first-order chi connectivity index (χ1) is 14.9. The van der Waals surface area contributed by atoms with Gasteiger partial charge in [0.05, 0.1) is 16.5 Å². The second-order valence-electron chi connectivity index (χ2n) is 6.69. The summed E-state index contributed by atoms with van der Waals surface area (Å²) in [5.41, 5.74) is 1.12. The monoisotopic (exact) mass is 455 g/mol. The summed E-state index contributed by atoms with van der Waals surface area (Å²) in [4.78, 5) is 16.6. The van der Waals surface area contributed by atoms with Crippen molar-refractivity contribution in [2.45, 2.75) is 11.3 Å². The number of carbonyl (C=O) groups excluding carboxylic acids is 1. The van der Waals surface area contributed by atoms with Crippen molar-refractivity contribution in [1.82, 2.24) is 4.72 Å². The average Bonchev–Trinajstić information content (AvgIpc) is 3.02. The number of ether oxygens (including phenoxy) is 1. The van der Waals surface area contributed by atoms with Crippen molar-refractivity contribution in [1.29, 1.82) is 0 Å². The van der Waals surface area contributed by atoms with Crippen LogP contribution in [0.15, 0.2) is 82.7 Å². The fraction of sp³-hybridized carbons (Fsp3) is 0.0909. The summed E-state index contributed by atoms with van der Waals surface area (Å²) in [5.74, 6) is 1.15.